The van der Waals surface area contributed by atoms with E-state index in [1.165, 1.54) is 27.8 Å². The molecular formula is C22H24ClN3O5S2. The Bertz CT molecular complexity index is 1320. The molecule has 3 aromatic rings. The second kappa shape index (κ2) is 10.2. The van der Waals surface area contributed by atoms with E-state index in [0.717, 1.165) is 27.4 Å². The first-order chi connectivity index (χ1) is 15.6. The highest BCUT2D eigenvalue weighted by atomic mass is 35.5. The maximum atomic E-state index is 12.8. The molecule has 1 aromatic heterocycles. The fourth-order valence-electron chi connectivity index (χ4n) is 3.32. The Hall–Kier alpha value is -2.53. The average Bonchev–Trinajstić information content (AvgIpc) is 3.15. The zero-order valence-electron chi connectivity index (χ0n) is 18.6. The van der Waals surface area contributed by atoms with Crippen LogP contribution in [0.5, 0.6) is 0 Å². The van der Waals surface area contributed by atoms with Gasteiger partial charge in [-0.3, -0.25) is 10.1 Å². The Balaban J connectivity index is 1.69. The summed E-state index contributed by atoms with van der Waals surface area (Å²) in [5.74, 6) is -1.39. The van der Waals surface area contributed by atoms with Gasteiger partial charge in [-0.05, 0) is 49.2 Å². The SMILES string of the molecule is CCN(CC)S(=O)(=O)c1cc(C(=O)OCC(=O)Nc2nc3c(C)cc(C)cc3s2)ccc1Cl. The van der Waals surface area contributed by atoms with Crippen molar-refractivity contribution in [2.24, 2.45) is 0 Å². The minimum absolute atomic E-state index is 0.00226. The molecule has 0 aliphatic rings. The van der Waals surface area contributed by atoms with Gasteiger partial charge in [0.2, 0.25) is 10.0 Å². The van der Waals surface area contributed by atoms with Crippen molar-refractivity contribution in [2.45, 2.75) is 32.6 Å². The number of nitrogens with one attached hydrogen (secondary N) is 1. The summed E-state index contributed by atoms with van der Waals surface area (Å²) in [5.41, 5.74) is 2.89. The second-order valence-corrected chi connectivity index (χ2v) is 10.7. The van der Waals surface area contributed by atoms with Crippen LogP contribution in [-0.2, 0) is 19.6 Å². The van der Waals surface area contributed by atoms with Crippen LogP contribution in [0, 0.1) is 13.8 Å². The molecule has 1 amide bonds. The predicted octanol–water partition coefficient (Wildman–Crippen LogP) is 4.39. The number of amides is 1. The summed E-state index contributed by atoms with van der Waals surface area (Å²) >= 11 is 7.42. The first-order valence-electron chi connectivity index (χ1n) is 10.2. The number of esters is 1. The number of aromatic nitrogens is 1. The maximum Gasteiger partial charge on any atom is 0.338 e. The third-order valence-corrected chi connectivity index (χ3v) is 8.35. The van der Waals surface area contributed by atoms with Crippen LogP contribution in [0.4, 0.5) is 5.13 Å². The number of anilines is 1. The summed E-state index contributed by atoms with van der Waals surface area (Å²) in [6.45, 7) is 7.32. The molecule has 0 spiro atoms. The van der Waals surface area contributed by atoms with Crippen molar-refractivity contribution in [2.75, 3.05) is 25.0 Å². The molecule has 0 saturated heterocycles. The van der Waals surface area contributed by atoms with Gasteiger partial charge >= 0.3 is 5.97 Å². The molecule has 0 aliphatic carbocycles. The van der Waals surface area contributed by atoms with Gasteiger partial charge in [0.25, 0.3) is 5.91 Å². The number of aryl methyl sites for hydroxylation is 2. The summed E-state index contributed by atoms with van der Waals surface area (Å²) in [7, 11) is -3.87. The van der Waals surface area contributed by atoms with E-state index >= 15 is 0 Å². The summed E-state index contributed by atoms with van der Waals surface area (Å²) in [6, 6.07) is 7.83. The highest BCUT2D eigenvalue weighted by Gasteiger charge is 2.26. The van der Waals surface area contributed by atoms with E-state index < -0.39 is 28.5 Å². The number of ether oxygens (including phenoxy) is 1. The lowest BCUT2D eigenvalue weighted by molar-refractivity contribution is -0.119. The van der Waals surface area contributed by atoms with Crippen molar-refractivity contribution in [3.8, 4) is 0 Å². The van der Waals surface area contributed by atoms with Gasteiger partial charge in [-0.1, -0.05) is 42.9 Å². The quantitative estimate of drug-likeness (QED) is 0.451. The number of benzene rings is 2. The van der Waals surface area contributed by atoms with Gasteiger partial charge in [0.15, 0.2) is 11.7 Å². The molecule has 0 saturated carbocycles. The Morgan fingerprint density at radius 3 is 2.52 bits per heavy atom. The normalized spacial score (nSPS) is 11.7. The number of hydrogen-bond acceptors (Lipinski definition) is 7. The number of hydrogen-bond donors (Lipinski definition) is 1. The highest BCUT2D eigenvalue weighted by molar-refractivity contribution is 7.89. The van der Waals surface area contributed by atoms with Crippen molar-refractivity contribution in [1.82, 2.24) is 9.29 Å². The molecule has 0 fully saturated rings. The zero-order valence-corrected chi connectivity index (χ0v) is 21.0. The third-order valence-electron chi connectivity index (χ3n) is 4.90. The van der Waals surface area contributed by atoms with E-state index in [9.17, 15) is 18.0 Å². The molecule has 0 aliphatic heterocycles. The van der Waals surface area contributed by atoms with Gasteiger partial charge in [0.05, 0.1) is 20.8 Å². The van der Waals surface area contributed by atoms with Crippen LogP contribution in [0.2, 0.25) is 5.02 Å². The van der Waals surface area contributed by atoms with E-state index in [4.69, 9.17) is 16.3 Å². The summed E-state index contributed by atoms with van der Waals surface area (Å²) < 4.78 is 32.9. The molecule has 1 heterocycles. The number of rotatable bonds is 8. The third kappa shape index (κ3) is 5.52. The maximum absolute atomic E-state index is 12.8. The van der Waals surface area contributed by atoms with Crippen molar-refractivity contribution in [3.63, 3.8) is 0 Å². The van der Waals surface area contributed by atoms with Crippen LogP contribution >= 0.6 is 22.9 Å². The van der Waals surface area contributed by atoms with E-state index in [-0.39, 0.29) is 28.6 Å². The van der Waals surface area contributed by atoms with Crippen LogP contribution in [0.15, 0.2) is 35.2 Å². The van der Waals surface area contributed by atoms with E-state index in [1.807, 2.05) is 26.0 Å². The van der Waals surface area contributed by atoms with E-state index in [2.05, 4.69) is 10.3 Å². The van der Waals surface area contributed by atoms with Gasteiger partial charge in [-0.2, -0.15) is 4.31 Å². The van der Waals surface area contributed by atoms with Gasteiger partial charge in [0, 0.05) is 13.1 Å². The Morgan fingerprint density at radius 1 is 1.15 bits per heavy atom. The molecule has 2 aromatic carbocycles. The molecule has 0 unspecified atom stereocenters. The highest BCUT2D eigenvalue weighted by Crippen LogP contribution is 2.29. The Kier molecular flexibility index (Phi) is 7.73. The van der Waals surface area contributed by atoms with Crippen molar-refractivity contribution >= 4 is 60.2 Å². The van der Waals surface area contributed by atoms with Crippen LogP contribution in [-0.4, -0.2) is 49.3 Å². The number of thiazole rings is 1. The van der Waals surface area contributed by atoms with Crippen LogP contribution < -0.4 is 5.32 Å². The molecule has 0 bridgehead atoms. The minimum atomic E-state index is -3.87. The minimum Gasteiger partial charge on any atom is -0.452 e. The standard InChI is InChI=1S/C22H24ClN3O5S2/c1-5-26(6-2)33(29,30)18-11-15(7-8-16(18)23)21(28)31-12-19(27)24-22-25-20-14(4)9-13(3)10-17(20)32-22/h7-11H,5-6,12H2,1-4H3,(H,24,25,27). The number of halogens is 1. The van der Waals surface area contributed by atoms with E-state index in [0.29, 0.717) is 5.13 Å². The molecule has 0 radical (unpaired) electrons. The molecular weight excluding hydrogens is 486 g/mol. The summed E-state index contributed by atoms with van der Waals surface area (Å²) in [6.07, 6.45) is 0. The topological polar surface area (TPSA) is 106 Å². The smallest absolute Gasteiger partial charge is 0.338 e. The molecule has 11 heteroatoms. The zero-order chi connectivity index (χ0) is 24.3. The Labute approximate surface area is 201 Å². The number of carbonyl (C=O) groups excluding carboxylic acids is 2. The molecule has 3 rings (SSSR count). The summed E-state index contributed by atoms with van der Waals surface area (Å²) in [4.78, 5) is 29.0. The van der Waals surface area contributed by atoms with Gasteiger partial charge in [-0.15, -0.1) is 0 Å². The molecule has 33 heavy (non-hydrogen) atoms. The number of nitrogens with zero attached hydrogens (tertiary/aromatic N) is 2. The lowest BCUT2D eigenvalue weighted by Gasteiger charge is -2.19. The summed E-state index contributed by atoms with van der Waals surface area (Å²) in [5, 5.41) is 3.03. The molecule has 8 nitrogen and oxygen atoms in total. The number of sulfonamides is 1. The van der Waals surface area contributed by atoms with Crippen molar-refractivity contribution in [3.05, 3.63) is 52.0 Å². The Morgan fingerprint density at radius 2 is 1.85 bits per heavy atom. The van der Waals surface area contributed by atoms with E-state index in [1.54, 1.807) is 13.8 Å². The first kappa shape index (κ1) is 25.1. The van der Waals surface area contributed by atoms with Crippen LogP contribution in [0.1, 0.15) is 35.3 Å². The molecule has 176 valence electrons. The first-order valence-corrected chi connectivity index (χ1v) is 12.8. The van der Waals surface area contributed by atoms with Crippen molar-refractivity contribution < 1.29 is 22.7 Å². The van der Waals surface area contributed by atoms with Gasteiger partial charge < -0.3 is 4.74 Å². The van der Waals surface area contributed by atoms with Crippen LogP contribution in [0.3, 0.4) is 0 Å². The largest absolute Gasteiger partial charge is 0.452 e. The second-order valence-electron chi connectivity index (χ2n) is 7.31. The number of carbonyl (C=O) groups is 2. The molecule has 0 atom stereocenters. The fraction of sp³-hybridized carbons (Fsp3) is 0.318. The average molecular weight is 510 g/mol. The van der Waals surface area contributed by atoms with Gasteiger partial charge in [0.1, 0.15) is 4.90 Å². The lowest BCUT2D eigenvalue weighted by atomic mass is 10.1. The fourth-order valence-corrected chi connectivity index (χ4v) is 6.34. The van der Waals surface area contributed by atoms with Crippen LogP contribution in [0.25, 0.3) is 10.2 Å². The lowest BCUT2D eigenvalue weighted by Crippen LogP contribution is -2.31. The predicted molar refractivity (Wildman–Crippen MR) is 130 cm³/mol. The monoisotopic (exact) mass is 509 g/mol. The molecule has 1 N–H and O–H groups in total. The van der Waals surface area contributed by atoms with Gasteiger partial charge in [-0.25, -0.2) is 18.2 Å². The van der Waals surface area contributed by atoms with Crippen molar-refractivity contribution in [1.29, 1.82) is 0 Å². The number of fused-ring (bicyclic) bond motifs is 1.